The van der Waals surface area contributed by atoms with Crippen LogP contribution in [-0.2, 0) is 16.8 Å². The lowest BCUT2D eigenvalue weighted by Crippen LogP contribution is -1.89. The van der Waals surface area contributed by atoms with Crippen molar-refractivity contribution in [2.75, 3.05) is 0 Å². The molecule has 0 aromatic carbocycles. The Kier molecular flexibility index (Phi) is 6.09. The molecule has 0 bridgehead atoms. The van der Waals surface area contributed by atoms with E-state index in [2.05, 4.69) is 16.9 Å². The van der Waals surface area contributed by atoms with Crippen LogP contribution in [0.2, 0.25) is 0 Å². The maximum Gasteiger partial charge on any atom is 0.394 e. The van der Waals surface area contributed by atoms with Crippen LogP contribution in [0.25, 0.3) is 0 Å². The molecular weight excluding hydrogens is 208 g/mol. The van der Waals surface area contributed by atoms with Gasteiger partial charge in [0.25, 0.3) is 0 Å². The molecule has 1 heterocycles. The summed E-state index contributed by atoms with van der Waals surface area (Å²) in [5, 5.41) is 0. The van der Waals surface area contributed by atoms with Crippen molar-refractivity contribution in [3.63, 3.8) is 0 Å². The Balaban J connectivity index is 0.000000292. The highest BCUT2D eigenvalue weighted by molar-refractivity contribution is 7.79. The van der Waals surface area contributed by atoms with Crippen molar-refractivity contribution >= 4 is 10.4 Å². The number of rotatable bonds is 3. The molecule has 3 N–H and O–H groups in total. The molecular formula is C7H14N2O4S. The van der Waals surface area contributed by atoms with Crippen molar-refractivity contribution in [3.05, 3.63) is 18.2 Å². The van der Waals surface area contributed by atoms with Gasteiger partial charge >= 0.3 is 10.4 Å². The molecule has 0 amide bonds. The van der Waals surface area contributed by atoms with Crippen molar-refractivity contribution in [2.24, 2.45) is 0 Å². The van der Waals surface area contributed by atoms with Gasteiger partial charge in [0.2, 0.25) is 0 Å². The SMILES string of the molecule is CCCCc1ncc[nH]1.O=S(=O)(O)O. The molecule has 14 heavy (non-hydrogen) atoms. The largest absolute Gasteiger partial charge is 0.394 e. The van der Waals surface area contributed by atoms with E-state index in [4.69, 9.17) is 17.5 Å². The molecule has 0 aliphatic heterocycles. The zero-order chi connectivity index (χ0) is 11.0. The zero-order valence-corrected chi connectivity index (χ0v) is 8.66. The zero-order valence-electron chi connectivity index (χ0n) is 7.84. The minimum Gasteiger partial charge on any atom is -0.349 e. The van der Waals surface area contributed by atoms with Crippen LogP contribution in [0.15, 0.2) is 12.4 Å². The van der Waals surface area contributed by atoms with E-state index in [1.165, 1.54) is 12.8 Å². The first-order chi connectivity index (χ1) is 6.43. The van der Waals surface area contributed by atoms with Gasteiger partial charge in [-0.2, -0.15) is 8.42 Å². The normalized spacial score (nSPS) is 10.5. The van der Waals surface area contributed by atoms with E-state index in [0.29, 0.717) is 0 Å². The summed E-state index contributed by atoms with van der Waals surface area (Å²) < 4.78 is 31.6. The first-order valence-corrected chi connectivity index (χ1v) is 5.51. The second kappa shape index (κ2) is 6.52. The van der Waals surface area contributed by atoms with Gasteiger partial charge in [0.15, 0.2) is 0 Å². The summed E-state index contributed by atoms with van der Waals surface area (Å²) in [6.45, 7) is 2.18. The third kappa shape index (κ3) is 11.1. The van der Waals surface area contributed by atoms with Gasteiger partial charge in [0.05, 0.1) is 0 Å². The number of aryl methyl sites for hydroxylation is 1. The highest BCUT2D eigenvalue weighted by Gasteiger charge is 1.90. The summed E-state index contributed by atoms with van der Waals surface area (Å²) in [6.07, 6.45) is 7.22. The summed E-state index contributed by atoms with van der Waals surface area (Å²) in [5.74, 6) is 1.11. The van der Waals surface area contributed by atoms with Crippen molar-refractivity contribution in [1.29, 1.82) is 0 Å². The predicted octanol–water partition coefficient (Wildman–Crippen LogP) is 1.10. The lowest BCUT2D eigenvalue weighted by atomic mass is 10.2. The monoisotopic (exact) mass is 222 g/mol. The van der Waals surface area contributed by atoms with E-state index in [9.17, 15) is 0 Å². The van der Waals surface area contributed by atoms with E-state index in [1.54, 1.807) is 6.20 Å². The summed E-state index contributed by atoms with van der Waals surface area (Å²) in [6, 6.07) is 0. The molecule has 0 saturated carbocycles. The Bertz CT molecular complexity index is 311. The summed E-state index contributed by atoms with van der Waals surface area (Å²) >= 11 is 0. The number of H-pyrrole nitrogens is 1. The van der Waals surface area contributed by atoms with E-state index in [0.717, 1.165) is 12.2 Å². The number of nitrogens with zero attached hydrogens (tertiary/aromatic N) is 1. The van der Waals surface area contributed by atoms with E-state index >= 15 is 0 Å². The summed E-state index contributed by atoms with van der Waals surface area (Å²) in [7, 11) is -4.67. The molecule has 0 atom stereocenters. The third-order valence-corrected chi connectivity index (χ3v) is 1.32. The summed E-state index contributed by atoms with van der Waals surface area (Å²) in [4.78, 5) is 7.16. The van der Waals surface area contributed by atoms with Crippen molar-refractivity contribution < 1.29 is 17.5 Å². The van der Waals surface area contributed by atoms with Gasteiger partial charge in [0, 0.05) is 18.8 Å². The van der Waals surface area contributed by atoms with Gasteiger partial charge in [-0.25, -0.2) is 4.98 Å². The smallest absolute Gasteiger partial charge is 0.349 e. The second-order valence-electron chi connectivity index (χ2n) is 2.59. The number of hydrogen-bond donors (Lipinski definition) is 3. The Morgan fingerprint density at radius 3 is 2.43 bits per heavy atom. The van der Waals surface area contributed by atoms with Gasteiger partial charge in [-0.15, -0.1) is 0 Å². The molecule has 0 aliphatic carbocycles. The first-order valence-electron chi connectivity index (χ1n) is 4.11. The molecule has 1 rings (SSSR count). The van der Waals surface area contributed by atoms with Crippen molar-refractivity contribution in [3.8, 4) is 0 Å². The predicted molar refractivity (Wildman–Crippen MR) is 51.4 cm³/mol. The highest BCUT2D eigenvalue weighted by Crippen LogP contribution is 1.96. The van der Waals surface area contributed by atoms with Crippen LogP contribution in [0.1, 0.15) is 25.6 Å². The minimum absolute atomic E-state index is 1.09. The first kappa shape index (κ1) is 13.1. The number of aromatic amines is 1. The molecule has 0 fully saturated rings. The molecule has 0 saturated heterocycles. The lowest BCUT2D eigenvalue weighted by molar-refractivity contribution is 0.381. The average molecular weight is 222 g/mol. The van der Waals surface area contributed by atoms with Crippen LogP contribution in [0.5, 0.6) is 0 Å². The Labute approximate surface area is 83.0 Å². The maximum atomic E-state index is 8.74. The number of imidazole rings is 1. The van der Waals surface area contributed by atoms with Gasteiger partial charge < -0.3 is 4.98 Å². The Morgan fingerprint density at radius 2 is 2.07 bits per heavy atom. The van der Waals surface area contributed by atoms with Crippen LogP contribution < -0.4 is 0 Å². The fraction of sp³-hybridized carbons (Fsp3) is 0.571. The van der Waals surface area contributed by atoms with Crippen LogP contribution in [0.3, 0.4) is 0 Å². The molecule has 0 spiro atoms. The standard InChI is InChI=1S/C7H12N2.H2O4S/c1-2-3-4-7-8-5-6-9-7;1-5(2,3)4/h5-6H,2-4H2,1H3,(H,8,9);(H2,1,2,3,4). The fourth-order valence-corrected chi connectivity index (χ4v) is 0.779. The quantitative estimate of drug-likeness (QED) is 0.664. The number of aromatic nitrogens is 2. The highest BCUT2D eigenvalue weighted by atomic mass is 32.3. The Hall–Kier alpha value is -0.920. The molecule has 0 radical (unpaired) electrons. The van der Waals surface area contributed by atoms with Crippen LogP contribution in [0.4, 0.5) is 0 Å². The van der Waals surface area contributed by atoms with E-state index < -0.39 is 10.4 Å². The molecule has 6 nitrogen and oxygen atoms in total. The molecule has 1 aromatic heterocycles. The van der Waals surface area contributed by atoms with Crippen LogP contribution in [-0.4, -0.2) is 27.5 Å². The molecule has 82 valence electrons. The number of hydrogen-bond acceptors (Lipinski definition) is 3. The fourth-order valence-electron chi connectivity index (χ4n) is 0.779. The molecule has 7 heteroatoms. The van der Waals surface area contributed by atoms with E-state index in [-0.39, 0.29) is 0 Å². The number of unbranched alkanes of at least 4 members (excludes halogenated alkanes) is 1. The van der Waals surface area contributed by atoms with Gasteiger partial charge in [-0.3, -0.25) is 9.11 Å². The van der Waals surface area contributed by atoms with E-state index in [1.807, 2.05) is 6.20 Å². The van der Waals surface area contributed by atoms with Crippen molar-refractivity contribution in [2.45, 2.75) is 26.2 Å². The minimum atomic E-state index is -4.67. The lowest BCUT2D eigenvalue weighted by Gasteiger charge is -1.90. The maximum absolute atomic E-state index is 8.74. The number of nitrogens with one attached hydrogen (secondary N) is 1. The van der Waals surface area contributed by atoms with Gasteiger partial charge in [0.1, 0.15) is 5.82 Å². The van der Waals surface area contributed by atoms with Gasteiger partial charge in [-0.05, 0) is 6.42 Å². The summed E-state index contributed by atoms with van der Waals surface area (Å²) in [5.41, 5.74) is 0. The van der Waals surface area contributed by atoms with Crippen molar-refractivity contribution in [1.82, 2.24) is 9.97 Å². The van der Waals surface area contributed by atoms with Gasteiger partial charge in [-0.1, -0.05) is 13.3 Å². The molecule has 0 aliphatic rings. The van der Waals surface area contributed by atoms with Crippen LogP contribution in [0, 0.1) is 0 Å². The molecule has 1 aromatic rings. The average Bonchev–Trinajstić information content (AvgIpc) is 2.49. The topological polar surface area (TPSA) is 103 Å². The Morgan fingerprint density at radius 1 is 1.50 bits per heavy atom. The second-order valence-corrected chi connectivity index (χ2v) is 3.48. The van der Waals surface area contributed by atoms with Crippen LogP contribution >= 0.6 is 0 Å². The third-order valence-electron chi connectivity index (χ3n) is 1.32. The molecule has 0 unspecified atom stereocenters.